The van der Waals surface area contributed by atoms with Gasteiger partial charge in [0.1, 0.15) is 5.75 Å². The summed E-state index contributed by atoms with van der Waals surface area (Å²) in [6.45, 7) is 3.69. The maximum Gasteiger partial charge on any atom is 0.262 e. The maximum atomic E-state index is 13.1. The van der Waals surface area contributed by atoms with Gasteiger partial charge in [-0.05, 0) is 60.9 Å². The molecule has 31 heavy (non-hydrogen) atoms. The molecule has 8 heteroatoms. The molecule has 0 aliphatic heterocycles. The van der Waals surface area contributed by atoms with Gasteiger partial charge in [-0.1, -0.05) is 41.1 Å². The van der Waals surface area contributed by atoms with Crippen LogP contribution in [0.25, 0.3) is 0 Å². The molecule has 3 aromatic rings. The van der Waals surface area contributed by atoms with Crippen molar-refractivity contribution >= 4 is 43.2 Å². The van der Waals surface area contributed by atoms with Crippen molar-refractivity contribution in [2.24, 2.45) is 0 Å². The number of hydrogen-bond donors (Lipinski definition) is 2. The molecule has 3 rings (SSSR count). The van der Waals surface area contributed by atoms with E-state index in [9.17, 15) is 13.2 Å². The van der Waals surface area contributed by atoms with Gasteiger partial charge in [-0.3, -0.25) is 9.52 Å². The number of anilines is 2. The Kier molecular flexibility index (Phi) is 7.02. The van der Waals surface area contributed by atoms with Crippen LogP contribution < -0.4 is 14.8 Å². The summed E-state index contributed by atoms with van der Waals surface area (Å²) in [7, 11) is -2.39. The lowest BCUT2D eigenvalue weighted by molar-refractivity contribution is 0.102. The van der Waals surface area contributed by atoms with E-state index in [0.717, 1.165) is 4.47 Å². The van der Waals surface area contributed by atoms with Crippen molar-refractivity contribution < 1.29 is 17.9 Å². The van der Waals surface area contributed by atoms with Crippen LogP contribution in [0, 0.1) is 6.92 Å². The Hall–Kier alpha value is -2.84. The topological polar surface area (TPSA) is 84.5 Å². The summed E-state index contributed by atoms with van der Waals surface area (Å²) in [5.41, 5.74) is 2.74. The largest absolute Gasteiger partial charge is 0.494 e. The molecule has 162 valence electrons. The van der Waals surface area contributed by atoms with Gasteiger partial charge < -0.3 is 10.1 Å². The Balaban J connectivity index is 1.92. The highest BCUT2D eigenvalue weighted by molar-refractivity contribution is 9.10. The molecule has 0 bridgehead atoms. The minimum Gasteiger partial charge on any atom is -0.494 e. The third-order valence-electron chi connectivity index (χ3n) is 4.77. The lowest BCUT2D eigenvalue weighted by Crippen LogP contribution is -2.16. The lowest BCUT2D eigenvalue weighted by atomic mass is 10.1. The van der Waals surface area contributed by atoms with E-state index in [1.807, 2.05) is 13.0 Å². The van der Waals surface area contributed by atoms with Gasteiger partial charge in [0.25, 0.3) is 15.9 Å². The highest BCUT2D eigenvalue weighted by Gasteiger charge is 2.21. The molecular weight excluding hydrogens is 480 g/mol. The molecule has 0 heterocycles. The number of benzene rings is 3. The summed E-state index contributed by atoms with van der Waals surface area (Å²) in [5, 5.41) is 2.85. The minimum absolute atomic E-state index is 0.208. The number of ether oxygens (including phenoxy) is 1. The predicted molar refractivity (Wildman–Crippen MR) is 126 cm³/mol. The zero-order valence-corrected chi connectivity index (χ0v) is 19.8. The van der Waals surface area contributed by atoms with Crippen LogP contribution >= 0.6 is 15.9 Å². The molecule has 6 nitrogen and oxygen atoms in total. The first-order chi connectivity index (χ1) is 14.7. The average molecular weight is 503 g/mol. The van der Waals surface area contributed by atoms with E-state index < -0.39 is 10.0 Å². The van der Waals surface area contributed by atoms with Crippen molar-refractivity contribution in [1.82, 2.24) is 0 Å². The molecule has 0 saturated heterocycles. The normalized spacial score (nSPS) is 11.1. The Morgan fingerprint density at radius 1 is 1.03 bits per heavy atom. The monoisotopic (exact) mass is 502 g/mol. The summed E-state index contributed by atoms with van der Waals surface area (Å²) >= 11 is 3.38. The van der Waals surface area contributed by atoms with Crippen LogP contribution in [-0.4, -0.2) is 21.4 Å². The first-order valence-corrected chi connectivity index (χ1v) is 11.9. The van der Waals surface area contributed by atoms with Gasteiger partial charge in [0.15, 0.2) is 0 Å². The first kappa shape index (κ1) is 22.8. The second-order valence-electron chi connectivity index (χ2n) is 6.90. The molecular formula is C23H23BrN2O4S. The molecule has 1 amide bonds. The van der Waals surface area contributed by atoms with Crippen LogP contribution in [0.15, 0.2) is 70.0 Å². The van der Waals surface area contributed by atoms with Crippen molar-refractivity contribution in [1.29, 1.82) is 0 Å². The van der Waals surface area contributed by atoms with Gasteiger partial charge in [-0.15, -0.1) is 0 Å². The third-order valence-corrected chi connectivity index (χ3v) is 6.73. The fraction of sp³-hybridized carbons (Fsp3) is 0.174. The van der Waals surface area contributed by atoms with Crippen LogP contribution in [0.5, 0.6) is 5.75 Å². The molecule has 0 spiro atoms. The zero-order chi connectivity index (χ0) is 22.6. The van der Waals surface area contributed by atoms with Crippen molar-refractivity contribution in [2.45, 2.75) is 25.2 Å². The number of rotatable bonds is 7. The fourth-order valence-electron chi connectivity index (χ4n) is 3.14. The molecule has 2 N–H and O–H groups in total. The molecule has 0 aromatic heterocycles. The number of methoxy groups -OCH3 is 1. The lowest BCUT2D eigenvalue weighted by Gasteiger charge is -2.17. The van der Waals surface area contributed by atoms with Gasteiger partial charge in [0.2, 0.25) is 0 Å². The van der Waals surface area contributed by atoms with Gasteiger partial charge in [-0.2, -0.15) is 0 Å². The molecule has 0 aliphatic carbocycles. The van der Waals surface area contributed by atoms with Gasteiger partial charge in [0.05, 0.1) is 17.7 Å². The maximum absolute atomic E-state index is 13.1. The number of amides is 1. The van der Waals surface area contributed by atoms with E-state index in [1.54, 1.807) is 61.5 Å². The Labute approximate surface area is 190 Å². The van der Waals surface area contributed by atoms with Crippen molar-refractivity contribution in [2.75, 3.05) is 17.1 Å². The zero-order valence-electron chi connectivity index (χ0n) is 17.4. The summed E-state index contributed by atoms with van der Waals surface area (Å²) in [4.78, 5) is 12.7. The second-order valence-corrected chi connectivity index (χ2v) is 9.47. The van der Waals surface area contributed by atoms with E-state index in [0.29, 0.717) is 40.2 Å². The Bertz CT molecular complexity index is 1210. The van der Waals surface area contributed by atoms with Gasteiger partial charge in [0, 0.05) is 21.8 Å². The van der Waals surface area contributed by atoms with Crippen LogP contribution in [0.3, 0.4) is 0 Å². The number of sulfonamides is 1. The summed E-state index contributed by atoms with van der Waals surface area (Å²) < 4.78 is 35.0. The molecule has 0 saturated carbocycles. The van der Waals surface area contributed by atoms with E-state index in [-0.39, 0.29) is 10.8 Å². The summed E-state index contributed by atoms with van der Waals surface area (Å²) in [6, 6.07) is 17.1. The SMILES string of the molecule is CCc1cc(Br)ccc1S(=O)(=O)Nc1cc(C)c(NC(=O)c2ccccc2)cc1OC. The number of aryl methyl sites for hydroxylation is 2. The van der Waals surface area contributed by atoms with Gasteiger partial charge >= 0.3 is 0 Å². The quantitative estimate of drug-likeness (QED) is 0.454. The molecule has 0 radical (unpaired) electrons. The smallest absolute Gasteiger partial charge is 0.262 e. The molecule has 0 unspecified atom stereocenters. The molecule has 3 aromatic carbocycles. The Morgan fingerprint density at radius 3 is 2.39 bits per heavy atom. The number of hydrogen-bond acceptors (Lipinski definition) is 4. The van der Waals surface area contributed by atoms with Gasteiger partial charge in [-0.25, -0.2) is 8.42 Å². The van der Waals surface area contributed by atoms with Crippen molar-refractivity contribution in [3.63, 3.8) is 0 Å². The van der Waals surface area contributed by atoms with Crippen molar-refractivity contribution in [3.05, 3.63) is 81.8 Å². The Morgan fingerprint density at radius 2 is 1.74 bits per heavy atom. The van der Waals surface area contributed by atoms with Crippen LogP contribution in [0.1, 0.15) is 28.4 Å². The predicted octanol–water partition coefficient (Wildman–Crippen LogP) is 5.38. The van der Waals surface area contributed by atoms with E-state index in [4.69, 9.17) is 4.74 Å². The number of carbonyl (C=O) groups excluding carboxylic acids is 1. The van der Waals surface area contributed by atoms with E-state index in [2.05, 4.69) is 26.0 Å². The third kappa shape index (κ3) is 5.26. The summed E-state index contributed by atoms with van der Waals surface area (Å²) in [5.74, 6) is 0.0363. The molecule has 0 fully saturated rings. The highest BCUT2D eigenvalue weighted by Crippen LogP contribution is 2.34. The molecule has 0 atom stereocenters. The minimum atomic E-state index is -3.84. The van der Waals surface area contributed by atoms with E-state index >= 15 is 0 Å². The number of carbonyl (C=O) groups is 1. The second kappa shape index (κ2) is 9.53. The first-order valence-electron chi connectivity index (χ1n) is 9.61. The summed E-state index contributed by atoms with van der Waals surface area (Å²) in [6.07, 6.45) is 0.566. The van der Waals surface area contributed by atoms with E-state index in [1.165, 1.54) is 7.11 Å². The van der Waals surface area contributed by atoms with Crippen LogP contribution in [0.2, 0.25) is 0 Å². The average Bonchev–Trinajstić information content (AvgIpc) is 2.75. The fourth-order valence-corrected chi connectivity index (χ4v) is 4.90. The van der Waals surface area contributed by atoms with Crippen molar-refractivity contribution in [3.8, 4) is 5.75 Å². The standard InChI is InChI=1S/C23H23BrN2O4S/c1-4-16-13-18(24)10-11-22(16)31(28,29)26-20-12-15(2)19(14-21(20)30-3)25-23(27)17-8-6-5-7-9-17/h5-14,26H,4H2,1-3H3,(H,25,27). The molecule has 0 aliphatic rings. The highest BCUT2D eigenvalue weighted by atomic mass is 79.9. The van der Waals surface area contributed by atoms with Crippen LogP contribution in [0.4, 0.5) is 11.4 Å². The number of nitrogens with one attached hydrogen (secondary N) is 2. The van der Waals surface area contributed by atoms with Crippen LogP contribution in [-0.2, 0) is 16.4 Å². The number of halogens is 1.